The molecule has 0 N–H and O–H groups in total. The van der Waals surface area contributed by atoms with Crippen molar-refractivity contribution in [3.63, 3.8) is 0 Å². The van der Waals surface area contributed by atoms with E-state index in [2.05, 4.69) is 25.8 Å². The highest BCUT2D eigenvalue weighted by molar-refractivity contribution is 7.90. The smallest absolute Gasteiger partial charge is 0.183 e. The van der Waals surface area contributed by atoms with Gasteiger partial charge >= 0.3 is 0 Å². The number of rotatable bonds is 3. The Labute approximate surface area is 118 Å². The number of nitrogens with zero attached hydrogens (tertiary/aromatic N) is 1. The molecule has 0 saturated heterocycles. The van der Waals surface area contributed by atoms with Gasteiger partial charge in [0, 0.05) is 11.1 Å². The maximum atomic E-state index is 12.2. The molecule has 0 saturated carbocycles. The molecule has 1 aromatic carbocycles. The lowest BCUT2D eigenvalue weighted by molar-refractivity contribution is 0.586. The molecule has 1 heterocycles. The van der Waals surface area contributed by atoms with Gasteiger partial charge in [0.05, 0.1) is 16.2 Å². The molecule has 2 aromatic rings. The molecule has 2 rings (SSSR count). The molecule has 0 aliphatic carbocycles. The third kappa shape index (κ3) is 3.42. The summed E-state index contributed by atoms with van der Waals surface area (Å²) in [5, 5.41) is 0. The Balaban J connectivity index is 2.27. The van der Waals surface area contributed by atoms with Gasteiger partial charge in [-0.3, -0.25) is 4.98 Å². The summed E-state index contributed by atoms with van der Waals surface area (Å²) in [6.07, 6.45) is 1.60. The SMILES string of the molecule is CC(C)(C)c1ccc(S(=O)(=O)Cc2cncs2)cc1. The summed E-state index contributed by atoms with van der Waals surface area (Å²) in [6.45, 7) is 6.31. The predicted molar refractivity (Wildman–Crippen MR) is 78.1 cm³/mol. The van der Waals surface area contributed by atoms with E-state index < -0.39 is 9.84 Å². The van der Waals surface area contributed by atoms with E-state index in [0.717, 1.165) is 10.4 Å². The molecule has 0 atom stereocenters. The van der Waals surface area contributed by atoms with Gasteiger partial charge in [-0.25, -0.2) is 8.42 Å². The van der Waals surface area contributed by atoms with Crippen molar-refractivity contribution in [2.24, 2.45) is 0 Å². The minimum Gasteiger partial charge on any atom is -0.253 e. The van der Waals surface area contributed by atoms with E-state index in [1.165, 1.54) is 11.3 Å². The highest BCUT2D eigenvalue weighted by Gasteiger charge is 2.18. The fraction of sp³-hybridized carbons (Fsp3) is 0.357. The highest BCUT2D eigenvalue weighted by Crippen LogP contribution is 2.25. The van der Waals surface area contributed by atoms with Crippen molar-refractivity contribution in [1.82, 2.24) is 4.98 Å². The van der Waals surface area contributed by atoms with Crippen LogP contribution in [0.1, 0.15) is 31.2 Å². The lowest BCUT2D eigenvalue weighted by Crippen LogP contribution is -2.11. The first-order chi connectivity index (χ1) is 8.79. The minimum absolute atomic E-state index is 0.0204. The number of hydrogen-bond acceptors (Lipinski definition) is 4. The second-order valence-electron chi connectivity index (χ2n) is 5.50. The van der Waals surface area contributed by atoms with Gasteiger partial charge in [0.1, 0.15) is 0 Å². The predicted octanol–water partition coefficient (Wildman–Crippen LogP) is 3.41. The van der Waals surface area contributed by atoms with E-state index in [-0.39, 0.29) is 11.2 Å². The van der Waals surface area contributed by atoms with E-state index >= 15 is 0 Å². The second kappa shape index (κ2) is 5.06. The van der Waals surface area contributed by atoms with Crippen LogP contribution in [0.15, 0.2) is 40.9 Å². The molecule has 0 aliphatic heterocycles. The van der Waals surface area contributed by atoms with Gasteiger partial charge in [0.15, 0.2) is 9.84 Å². The first-order valence-corrected chi connectivity index (χ1v) is 8.53. The van der Waals surface area contributed by atoms with Crippen molar-refractivity contribution in [3.05, 3.63) is 46.4 Å². The van der Waals surface area contributed by atoms with E-state index in [4.69, 9.17) is 0 Å². The summed E-state index contributed by atoms with van der Waals surface area (Å²) in [5.74, 6) is 0.0204. The van der Waals surface area contributed by atoms with Gasteiger partial charge < -0.3 is 0 Å². The third-order valence-electron chi connectivity index (χ3n) is 2.90. The fourth-order valence-corrected chi connectivity index (χ4v) is 4.03. The van der Waals surface area contributed by atoms with Gasteiger partial charge in [-0.15, -0.1) is 11.3 Å². The summed E-state index contributed by atoms with van der Waals surface area (Å²) in [4.78, 5) is 5.03. The van der Waals surface area contributed by atoms with Crippen LogP contribution in [0, 0.1) is 0 Å². The summed E-state index contributed by atoms with van der Waals surface area (Å²) < 4.78 is 24.5. The standard InChI is InChI=1S/C14H17NO2S2/c1-14(2,3)11-4-6-13(7-5-11)19(16,17)9-12-8-15-10-18-12/h4-8,10H,9H2,1-3H3. The van der Waals surface area contributed by atoms with Crippen LogP contribution in [0.25, 0.3) is 0 Å². The maximum absolute atomic E-state index is 12.2. The summed E-state index contributed by atoms with van der Waals surface area (Å²) in [5.41, 5.74) is 2.80. The Hall–Kier alpha value is -1.20. The zero-order chi connectivity index (χ0) is 14.1. The molecule has 0 unspecified atom stereocenters. The molecule has 3 nitrogen and oxygen atoms in total. The molecule has 5 heteroatoms. The monoisotopic (exact) mass is 295 g/mol. The zero-order valence-corrected chi connectivity index (χ0v) is 12.9. The van der Waals surface area contributed by atoms with Crippen LogP contribution >= 0.6 is 11.3 Å². The molecule has 0 fully saturated rings. The molecule has 0 aliphatic rings. The largest absolute Gasteiger partial charge is 0.253 e. The summed E-state index contributed by atoms with van der Waals surface area (Å²) in [7, 11) is -3.28. The van der Waals surface area contributed by atoms with Crippen molar-refractivity contribution in [2.75, 3.05) is 0 Å². The van der Waals surface area contributed by atoms with Gasteiger partial charge in [-0.2, -0.15) is 0 Å². The van der Waals surface area contributed by atoms with Crippen molar-refractivity contribution < 1.29 is 8.42 Å². The first-order valence-electron chi connectivity index (χ1n) is 6.00. The van der Waals surface area contributed by atoms with Crippen LogP contribution in [-0.4, -0.2) is 13.4 Å². The molecule has 1 aromatic heterocycles. The Morgan fingerprint density at radius 2 is 1.79 bits per heavy atom. The zero-order valence-electron chi connectivity index (χ0n) is 11.3. The molecule has 0 amide bonds. The van der Waals surface area contributed by atoms with Crippen LogP contribution in [0.2, 0.25) is 0 Å². The fourth-order valence-electron chi connectivity index (χ4n) is 1.75. The molecular formula is C14H17NO2S2. The van der Waals surface area contributed by atoms with Crippen LogP contribution in [0.5, 0.6) is 0 Å². The van der Waals surface area contributed by atoms with Crippen molar-refractivity contribution in [2.45, 2.75) is 36.8 Å². The first kappa shape index (κ1) is 14.2. The Bertz CT molecular complexity index is 636. The van der Waals surface area contributed by atoms with E-state index in [1.54, 1.807) is 23.8 Å². The summed E-state index contributed by atoms with van der Waals surface area (Å²) in [6, 6.07) is 7.16. The lowest BCUT2D eigenvalue weighted by atomic mass is 9.87. The molecule has 19 heavy (non-hydrogen) atoms. The highest BCUT2D eigenvalue weighted by atomic mass is 32.2. The Morgan fingerprint density at radius 1 is 1.16 bits per heavy atom. The number of aromatic nitrogens is 1. The van der Waals surface area contributed by atoms with Crippen LogP contribution in [0.3, 0.4) is 0 Å². The normalized spacial score (nSPS) is 12.6. The molecule has 0 spiro atoms. The molecule has 0 radical (unpaired) electrons. The second-order valence-corrected chi connectivity index (χ2v) is 8.46. The van der Waals surface area contributed by atoms with Crippen LogP contribution in [0.4, 0.5) is 0 Å². The van der Waals surface area contributed by atoms with E-state index in [9.17, 15) is 8.42 Å². The van der Waals surface area contributed by atoms with E-state index in [0.29, 0.717) is 4.90 Å². The number of hydrogen-bond donors (Lipinski definition) is 0. The van der Waals surface area contributed by atoms with Crippen molar-refractivity contribution in [3.8, 4) is 0 Å². The van der Waals surface area contributed by atoms with Crippen LogP contribution in [-0.2, 0) is 21.0 Å². The molecule has 102 valence electrons. The number of sulfone groups is 1. The minimum atomic E-state index is -3.28. The van der Waals surface area contributed by atoms with Gasteiger partial charge in [0.25, 0.3) is 0 Å². The quantitative estimate of drug-likeness (QED) is 0.871. The number of benzene rings is 1. The average Bonchev–Trinajstić information content (AvgIpc) is 2.80. The van der Waals surface area contributed by atoms with Crippen LogP contribution < -0.4 is 0 Å². The van der Waals surface area contributed by atoms with Crippen molar-refractivity contribution >= 4 is 21.2 Å². The van der Waals surface area contributed by atoms with Gasteiger partial charge in [-0.1, -0.05) is 32.9 Å². The number of thiazole rings is 1. The van der Waals surface area contributed by atoms with Gasteiger partial charge in [-0.05, 0) is 23.1 Å². The van der Waals surface area contributed by atoms with Gasteiger partial charge in [0.2, 0.25) is 0 Å². The average molecular weight is 295 g/mol. The Kier molecular flexibility index (Phi) is 3.78. The molecular weight excluding hydrogens is 278 g/mol. The maximum Gasteiger partial charge on any atom is 0.183 e. The lowest BCUT2D eigenvalue weighted by Gasteiger charge is -2.19. The molecule has 0 bridgehead atoms. The Morgan fingerprint density at radius 3 is 2.26 bits per heavy atom. The summed E-state index contributed by atoms with van der Waals surface area (Å²) >= 11 is 1.36. The van der Waals surface area contributed by atoms with Crippen molar-refractivity contribution in [1.29, 1.82) is 0 Å². The topological polar surface area (TPSA) is 47.0 Å². The van der Waals surface area contributed by atoms with E-state index in [1.807, 2.05) is 12.1 Å². The third-order valence-corrected chi connectivity index (χ3v) is 5.54.